The molecule has 1 rings (SSSR count). The van der Waals surface area contributed by atoms with Crippen LogP contribution in [-0.2, 0) is 0 Å². The third kappa shape index (κ3) is 5.68. The summed E-state index contributed by atoms with van der Waals surface area (Å²) in [6.45, 7) is 5.62. The smallest absolute Gasteiger partial charge is 0.0567 e. The van der Waals surface area contributed by atoms with Crippen molar-refractivity contribution in [1.29, 1.82) is 0 Å². The van der Waals surface area contributed by atoms with E-state index in [1.54, 1.807) is 0 Å². The summed E-state index contributed by atoms with van der Waals surface area (Å²) in [6, 6.07) is 0. The first kappa shape index (κ1) is 12.5. The van der Waals surface area contributed by atoms with E-state index in [0.717, 1.165) is 19.3 Å². The number of rotatable bonds is 0. The molecule has 1 fully saturated rings. The SMILES string of the molecule is CC#CC.CC1CC(O)CCC1O. The van der Waals surface area contributed by atoms with Crippen molar-refractivity contribution in [2.75, 3.05) is 0 Å². The molecule has 13 heavy (non-hydrogen) atoms. The van der Waals surface area contributed by atoms with Gasteiger partial charge in [0, 0.05) is 0 Å². The molecule has 1 aliphatic carbocycles. The second-order valence-electron chi connectivity index (χ2n) is 3.51. The lowest BCUT2D eigenvalue weighted by molar-refractivity contribution is 0.0142. The molecule has 3 atom stereocenters. The lowest BCUT2D eigenvalue weighted by Crippen LogP contribution is -2.29. The zero-order valence-electron chi connectivity index (χ0n) is 8.75. The van der Waals surface area contributed by atoms with E-state index in [0.29, 0.717) is 0 Å². The Morgan fingerprint density at radius 1 is 1.08 bits per heavy atom. The van der Waals surface area contributed by atoms with Crippen molar-refractivity contribution in [1.82, 2.24) is 0 Å². The van der Waals surface area contributed by atoms with Crippen molar-refractivity contribution >= 4 is 0 Å². The van der Waals surface area contributed by atoms with Crippen LogP contribution in [0.2, 0.25) is 0 Å². The van der Waals surface area contributed by atoms with Gasteiger partial charge in [-0.1, -0.05) is 6.92 Å². The van der Waals surface area contributed by atoms with Crippen LogP contribution in [0.1, 0.15) is 40.0 Å². The molecule has 1 aliphatic rings. The largest absolute Gasteiger partial charge is 0.393 e. The topological polar surface area (TPSA) is 40.5 Å². The van der Waals surface area contributed by atoms with E-state index in [-0.39, 0.29) is 18.1 Å². The average Bonchev–Trinajstić information content (AvgIpc) is 2.12. The van der Waals surface area contributed by atoms with Gasteiger partial charge in [0.05, 0.1) is 12.2 Å². The summed E-state index contributed by atoms with van der Waals surface area (Å²) in [5, 5.41) is 18.3. The highest BCUT2D eigenvalue weighted by molar-refractivity contribution is 4.89. The Bertz CT molecular complexity index is 172. The molecule has 0 saturated heterocycles. The van der Waals surface area contributed by atoms with Crippen LogP contribution in [0.4, 0.5) is 0 Å². The van der Waals surface area contributed by atoms with Gasteiger partial charge in [-0.15, -0.1) is 11.8 Å². The van der Waals surface area contributed by atoms with Gasteiger partial charge < -0.3 is 10.2 Å². The summed E-state index contributed by atoms with van der Waals surface area (Å²) in [7, 11) is 0. The Labute approximate surface area is 81.0 Å². The van der Waals surface area contributed by atoms with Gasteiger partial charge in [0.15, 0.2) is 0 Å². The van der Waals surface area contributed by atoms with Gasteiger partial charge in [0.1, 0.15) is 0 Å². The molecular weight excluding hydrogens is 164 g/mol. The third-order valence-electron chi connectivity index (χ3n) is 2.35. The van der Waals surface area contributed by atoms with Crippen molar-refractivity contribution in [2.45, 2.75) is 52.2 Å². The molecule has 1 saturated carbocycles. The van der Waals surface area contributed by atoms with Gasteiger partial charge in [-0.3, -0.25) is 0 Å². The van der Waals surface area contributed by atoms with Crippen LogP contribution in [0, 0.1) is 17.8 Å². The Balaban J connectivity index is 0.000000310. The van der Waals surface area contributed by atoms with E-state index in [9.17, 15) is 5.11 Å². The number of aliphatic hydroxyl groups is 2. The van der Waals surface area contributed by atoms with E-state index in [1.807, 2.05) is 20.8 Å². The molecule has 0 aromatic heterocycles. The summed E-state index contributed by atoms with van der Waals surface area (Å²) >= 11 is 0. The highest BCUT2D eigenvalue weighted by atomic mass is 16.3. The zero-order valence-corrected chi connectivity index (χ0v) is 8.75. The van der Waals surface area contributed by atoms with Crippen molar-refractivity contribution in [3.05, 3.63) is 0 Å². The monoisotopic (exact) mass is 184 g/mol. The van der Waals surface area contributed by atoms with Gasteiger partial charge in [0.2, 0.25) is 0 Å². The first-order valence-corrected chi connectivity index (χ1v) is 4.81. The van der Waals surface area contributed by atoms with Crippen LogP contribution < -0.4 is 0 Å². The molecule has 2 N–H and O–H groups in total. The molecule has 0 amide bonds. The fourth-order valence-electron chi connectivity index (χ4n) is 1.35. The molecular formula is C11H20O2. The fraction of sp³-hybridized carbons (Fsp3) is 0.818. The highest BCUT2D eigenvalue weighted by Crippen LogP contribution is 2.23. The fourth-order valence-corrected chi connectivity index (χ4v) is 1.35. The predicted octanol–water partition coefficient (Wildman–Crippen LogP) is 1.56. The zero-order chi connectivity index (χ0) is 10.3. The summed E-state index contributed by atoms with van der Waals surface area (Å²) in [5.74, 6) is 5.65. The molecule has 3 unspecified atom stereocenters. The maximum Gasteiger partial charge on any atom is 0.0567 e. The number of aliphatic hydroxyl groups excluding tert-OH is 2. The summed E-state index contributed by atoms with van der Waals surface area (Å²) < 4.78 is 0. The van der Waals surface area contributed by atoms with Crippen molar-refractivity contribution < 1.29 is 10.2 Å². The Morgan fingerprint density at radius 2 is 1.62 bits per heavy atom. The van der Waals surface area contributed by atoms with Crippen molar-refractivity contribution in [3.8, 4) is 11.8 Å². The van der Waals surface area contributed by atoms with Gasteiger partial charge in [-0.2, -0.15) is 0 Å². The first-order valence-electron chi connectivity index (χ1n) is 4.81. The lowest BCUT2D eigenvalue weighted by atomic mass is 9.86. The Hall–Kier alpha value is -0.520. The molecule has 0 aliphatic heterocycles. The molecule has 76 valence electrons. The molecule has 0 bridgehead atoms. The van der Waals surface area contributed by atoms with E-state index >= 15 is 0 Å². The average molecular weight is 184 g/mol. The first-order chi connectivity index (χ1) is 6.11. The van der Waals surface area contributed by atoms with Crippen LogP contribution in [0.25, 0.3) is 0 Å². The number of hydrogen-bond acceptors (Lipinski definition) is 2. The maximum atomic E-state index is 9.18. The van der Waals surface area contributed by atoms with Gasteiger partial charge >= 0.3 is 0 Å². The predicted molar refractivity (Wildman–Crippen MR) is 54.2 cm³/mol. The second-order valence-corrected chi connectivity index (χ2v) is 3.51. The van der Waals surface area contributed by atoms with E-state index in [4.69, 9.17) is 5.11 Å². The quantitative estimate of drug-likeness (QED) is 0.561. The van der Waals surface area contributed by atoms with E-state index < -0.39 is 0 Å². The second kappa shape index (κ2) is 6.94. The highest BCUT2D eigenvalue weighted by Gasteiger charge is 2.23. The van der Waals surface area contributed by atoms with Crippen molar-refractivity contribution in [2.24, 2.45) is 5.92 Å². The van der Waals surface area contributed by atoms with Crippen LogP contribution >= 0.6 is 0 Å². The lowest BCUT2D eigenvalue weighted by Gasteiger charge is -2.27. The Morgan fingerprint density at radius 3 is 1.92 bits per heavy atom. The van der Waals surface area contributed by atoms with E-state index in [1.165, 1.54) is 0 Å². The summed E-state index contributed by atoms with van der Waals surface area (Å²) in [4.78, 5) is 0. The van der Waals surface area contributed by atoms with E-state index in [2.05, 4.69) is 11.8 Å². The molecule has 0 radical (unpaired) electrons. The minimum absolute atomic E-state index is 0.164. The molecule has 2 nitrogen and oxygen atoms in total. The van der Waals surface area contributed by atoms with Crippen LogP contribution in [0.3, 0.4) is 0 Å². The molecule has 0 aromatic carbocycles. The third-order valence-corrected chi connectivity index (χ3v) is 2.35. The van der Waals surface area contributed by atoms with Crippen molar-refractivity contribution in [3.63, 3.8) is 0 Å². The maximum absolute atomic E-state index is 9.18. The summed E-state index contributed by atoms with van der Waals surface area (Å²) in [6.07, 6.45) is 1.96. The van der Waals surface area contributed by atoms with Gasteiger partial charge in [0.25, 0.3) is 0 Å². The molecule has 0 spiro atoms. The van der Waals surface area contributed by atoms with Crippen LogP contribution in [0.5, 0.6) is 0 Å². The standard InChI is InChI=1S/C7H14O2.C4H6/c1-5-4-6(8)2-3-7(5)9;1-3-4-2/h5-9H,2-4H2,1H3;1-2H3. The molecule has 2 heteroatoms. The molecule has 0 heterocycles. The van der Waals surface area contributed by atoms with Crippen LogP contribution in [0.15, 0.2) is 0 Å². The molecule has 0 aromatic rings. The van der Waals surface area contributed by atoms with Gasteiger partial charge in [-0.25, -0.2) is 0 Å². The number of hydrogen-bond donors (Lipinski definition) is 2. The summed E-state index contributed by atoms with van der Waals surface area (Å²) in [5.41, 5.74) is 0. The van der Waals surface area contributed by atoms with Gasteiger partial charge in [-0.05, 0) is 39.0 Å². The minimum Gasteiger partial charge on any atom is -0.393 e. The van der Waals surface area contributed by atoms with Crippen LogP contribution in [-0.4, -0.2) is 22.4 Å². The minimum atomic E-state index is -0.173. The Kier molecular flexibility index (Phi) is 6.66. The normalized spacial score (nSPS) is 32.2.